The second-order valence-electron chi connectivity index (χ2n) is 29.2. The molecule has 20 rings (SSSR count). The standard InChI is InChI=1S/C108H70N12S/c1-9-33-71(34-10-1)97-109-98(72-35-11-2-12-36-72)114-105(113-97)83-53-29-49-79(61-83)87-65-88(80-50-30-54-84(62-80)106-115-99(73-37-13-3-14-38-73)110-100(116-106)74-39-15-4-16-40-74)68-91(67-87)93-57-25-27-59-95(93)121-96-60-28-26-58-94(96)92-69-89(81-51-31-55-85(63-81)107-117-101(75-41-17-5-18-42-75)111-102(118-107)76-43-19-6-20-44-76)66-90(70-92)82-52-32-56-86(64-82)108-119-103(77-45-21-7-22-46-77)112-104(120-108)78-47-23-8-24-48-78/h1-70H. The van der Waals surface area contributed by atoms with Gasteiger partial charge in [-0.05, 0) is 140 Å². The SMILES string of the molecule is c1ccc(-c2nc(-c3ccccc3)nc(-c3cccc(-c4cc(-c5cccc(-c6nc(-c7ccccc7)nc(-c7ccccc7)n6)c5)cc(-c5ccccc5Sc5ccccc5-c5cc(-c6cccc(-c7nc(-c8ccccc8)nc(-c8ccccc8)n7)c6)cc(-c6cccc(-c7nc(-c8ccccc8)nc(-c8ccccc8)n7)c6)c5)c4)c3)n2)cc1. The van der Waals surface area contributed by atoms with Crippen molar-refractivity contribution in [3.8, 4) is 203 Å². The van der Waals surface area contributed by atoms with Crippen LogP contribution in [0.1, 0.15) is 0 Å². The number of aromatic nitrogens is 12. The quantitative estimate of drug-likeness (QED) is 0.0711. The van der Waals surface area contributed by atoms with Crippen molar-refractivity contribution in [3.63, 3.8) is 0 Å². The predicted molar refractivity (Wildman–Crippen MR) is 488 cm³/mol. The number of rotatable bonds is 20. The lowest BCUT2D eigenvalue weighted by molar-refractivity contribution is 1.07. The first-order chi connectivity index (χ1) is 59.9. The smallest absolute Gasteiger partial charge is 0.164 e. The van der Waals surface area contributed by atoms with E-state index in [0.717, 1.165) is 143 Å². The van der Waals surface area contributed by atoms with Crippen LogP contribution in [0.15, 0.2) is 434 Å². The summed E-state index contributed by atoms with van der Waals surface area (Å²) >= 11 is 1.74. The van der Waals surface area contributed by atoms with Crippen LogP contribution in [0.2, 0.25) is 0 Å². The molecule has 0 amide bonds. The molecule has 13 heteroatoms. The molecule has 0 N–H and O–H groups in total. The zero-order valence-electron chi connectivity index (χ0n) is 65.2. The predicted octanol–water partition coefficient (Wildman–Crippen LogP) is 26.6. The van der Waals surface area contributed by atoms with Crippen molar-refractivity contribution in [2.24, 2.45) is 0 Å². The maximum atomic E-state index is 5.20. The molecule has 0 saturated carbocycles. The molecule has 0 radical (unpaired) electrons. The third-order valence-corrected chi connectivity index (χ3v) is 22.2. The molecule has 0 saturated heterocycles. The van der Waals surface area contributed by atoms with Gasteiger partial charge in [-0.2, -0.15) is 0 Å². The summed E-state index contributed by atoms with van der Waals surface area (Å²) in [6.07, 6.45) is 0. The lowest BCUT2D eigenvalue weighted by atomic mass is 9.92. The highest BCUT2D eigenvalue weighted by Crippen LogP contribution is 2.46. The zero-order valence-corrected chi connectivity index (χ0v) is 66.0. The fraction of sp³-hybridized carbons (Fsp3) is 0. The molecule has 121 heavy (non-hydrogen) atoms. The van der Waals surface area contributed by atoms with Gasteiger partial charge in [0.05, 0.1) is 0 Å². The molecule has 568 valence electrons. The van der Waals surface area contributed by atoms with Crippen LogP contribution in [0.4, 0.5) is 0 Å². The van der Waals surface area contributed by atoms with E-state index in [-0.39, 0.29) is 0 Å². The molecule has 0 aliphatic rings. The third-order valence-electron chi connectivity index (χ3n) is 21.1. The monoisotopic (exact) mass is 1570 g/mol. The van der Waals surface area contributed by atoms with Gasteiger partial charge >= 0.3 is 0 Å². The van der Waals surface area contributed by atoms with Crippen LogP contribution in [-0.2, 0) is 0 Å². The molecule has 0 bridgehead atoms. The maximum Gasteiger partial charge on any atom is 0.164 e. The summed E-state index contributed by atoms with van der Waals surface area (Å²) < 4.78 is 0. The minimum Gasteiger partial charge on any atom is -0.208 e. The first-order valence-electron chi connectivity index (χ1n) is 40.0. The molecule has 0 spiro atoms. The lowest BCUT2D eigenvalue weighted by Gasteiger charge is -2.17. The molecule has 0 atom stereocenters. The van der Waals surface area contributed by atoms with E-state index >= 15 is 0 Å². The van der Waals surface area contributed by atoms with E-state index in [4.69, 9.17) is 59.8 Å². The Bertz CT molecular complexity index is 6120. The first kappa shape index (κ1) is 73.8. The summed E-state index contributed by atoms with van der Waals surface area (Å²) in [5.41, 5.74) is 22.5. The molecule has 0 aliphatic carbocycles. The molecule has 20 aromatic rings. The molecular weight excluding hydrogens is 1500 g/mol. The van der Waals surface area contributed by atoms with E-state index in [2.05, 4.69) is 182 Å². The average molecular weight is 1570 g/mol. The Morgan fingerprint density at radius 2 is 0.248 bits per heavy atom. The van der Waals surface area contributed by atoms with Crippen LogP contribution in [0.25, 0.3) is 203 Å². The van der Waals surface area contributed by atoms with Gasteiger partial charge < -0.3 is 0 Å². The topological polar surface area (TPSA) is 155 Å². The number of nitrogens with zero attached hydrogens (tertiary/aromatic N) is 12. The van der Waals surface area contributed by atoms with Crippen LogP contribution in [0, 0.1) is 0 Å². The van der Waals surface area contributed by atoms with Gasteiger partial charge in [0.2, 0.25) is 0 Å². The van der Waals surface area contributed by atoms with Gasteiger partial charge in [-0.1, -0.05) is 364 Å². The minimum absolute atomic E-state index is 0.561. The number of hydrogen-bond acceptors (Lipinski definition) is 13. The van der Waals surface area contributed by atoms with Gasteiger partial charge in [-0.3, -0.25) is 0 Å². The van der Waals surface area contributed by atoms with E-state index in [1.165, 1.54) is 0 Å². The highest BCUT2D eigenvalue weighted by Gasteiger charge is 2.22. The summed E-state index contributed by atoms with van der Waals surface area (Å²) in [4.78, 5) is 63.9. The molecule has 4 aromatic heterocycles. The summed E-state index contributed by atoms with van der Waals surface area (Å²) in [7, 11) is 0. The highest BCUT2D eigenvalue weighted by molar-refractivity contribution is 7.99. The molecule has 0 fully saturated rings. The fourth-order valence-corrected chi connectivity index (χ4v) is 16.2. The molecule has 0 unspecified atom stereocenters. The molecular formula is C108H70N12S. The Morgan fingerprint density at radius 3 is 0.446 bits per heavy atom. The molecule has 12 nitrogen and oxygen atoms in total. The van der Waals surface area contributed by atoms with Crippen molar-refractivity contribution >= 4 is 11.8 Å². The van der Waals surface area contributed by atoms with Gasteiger partial charge in [0.25, 0.3) is 0 Å². The van der Waals surface area contributed by atoms with E-state index in [1.54, 1.807) is 11.8 Å². The van der Waals surface area contributed by atoms with Gasteiger partial charge in [0.1, 0.15) is 0 Å². The van der Waals surface area contributed by atoms with Crippen molar-refractivity contribution in [1.82, 2.24) is 59.8 Å². The number of benzene rings is 16. The zero-order chi connectivity index (χ0) is 80.6. The highest BCUT2D eigenvalue weighted by atomic mass is 32.2. The normalized spacial score (nSPS) is 11.2. The van der Waals surface area contributed by atoms with Gasteiger partial charge in [-0.15, -0.1) is 0 Å². The fourth-order valence-electron chi connectivity index (χ4n) is 15.0. The Morgan fingerprint density at radius 1 is 0.107 bits per heavy atom. The second-order valence-corrected chi connectivity index (χ2v) is 30.3. The summed E-state index contributed by atoms with van der Waals surface area (Å²) in [6, 6.07) is 146. The molecule has 16 aromatic carbocycles. The van der Waals surface area contributed by atoms with Gasteiger partial charge in [0, 0.05) is 76.6 Å². The van der Waals surface area contributed by atoms with Gasteiger partial charge in [-0.25, -0.2) is 59.8 Å². The number of hydrogen-bond donors (Lipinski definition) is 0. The molecule has 0 aliphatic heterocycles. The van der Waals surface area contributed by atoms with Crippen LogP contribution in [-0.4, -0.2) is 59.8 Å². The van der Waals surface area contributed by atoms with Crippen LogP contribution < -0.4 is 0 Å². The van der Waals surface area contributed by atoms with E-state index in [9.17, 15) is 0 Å². The third kappa shape index (κ3) is 16.2. The van der Waals surface area contributed by atoms with Crippen molar-refractivity contribution in [1.29, 1.82) is 0 Å². The minimum atomic E-state index is 0.561. The van der Waals surface area contributed by atoms with E-state index in [1.807, 2.05) is 243 Å². The Kier molecular flexibility index (Phi) is 20.5. The largest absolute Gasteiger partial charge is 0.208 e. The van der Waals surface area contributed by atoms with E-state index < -0.39 is 0 Å². The van der Waals surface area contributed by atoms with Crippen LogP contribution in [0.5, 0.6) is 0 Å². The van der Waals surface area contributed by atoms with Crippen LogP contribution in [0.3, 0.4) is 0 Å². The summed E-state index contributed by atoms with van der Waals surface area (Å²) in [6.45, 7) is 0. The maximum absolute atomic E-state index is 5.20. The van der Waals surface area contributed by atoms with Crippen LogP contribution >= 0.6 is 11.8 Å². The Labute approximate surface area is 704 Å². The van der Waals surface area contributed by atoms with Crippen molar-refractivity contribution in [2.75, 3.05) is 0 Å². The van der Waals surface area contributed by atoms with Crippen molar-refractivity contribution in [2.45, 2.75) is 9.79 Å². The lowest BCUT2D eigenvalue weighted by Crippen LogP contribution is -2.00. The van der Waals surface area contributed by atoms with E-state index in [0.29, 0.717) is 69.9 Å². The second kappa shape index (κ2) is 33.6. The average Bonchev–Trinajstić information content (AvgIpc) is 0.783. The van der Waals surface area contributed by atoms with Crippen molar-refractivity contribution in [3.05, 3.63) is 425 Å². The Hall–Kier alpha value is -16.1. The van der Waals surface area contributed by atoms with Gasteiger partial charge in [0.15, 0.2) is 69.9 Å². The molecule has 4 heterocycles. The summed E-state index contributed by atoms with van der Waals surface area (Å²) in [5.74, 6) is 6.94. The Balaban J connectivity index is 0.727. The summed E-state index contributed by atoms with van der Waals surface area (Å²) in [5, 5.41) is 0. The van der Waals surface area contributed by atoms with Crippen molar-refractivity contribution < 1.29 is 0 Å². The first-order valence-corrected chi connectivity index (χ1v) is 40.8.